The van der Waals surface area contributed by atoms with Gasteiger partial charge in [-0.15, -0.1) is 0 Å². The number of likely N-dealkylation sites (tertiary alicyclic amines) is 1. The van der Waals surface area contributed by atoms with E-state index < -0.39 is 0 Å². The van der Waals surface area contributed by atoms with Crippen LogP contribution in [0.3, 0.4) is 0 Å². The monoisotopic (exact) mass is 234 g/mol. The quantitative estimate of drug-likeness (QED) is 0.738. The van der Waals surface area contributed by atoms with Crippen LogP contribution in [-0.2, 0) is 0 Å². The molecule has 0 aliphatic carbocycles. The van der Waals surface area contributed by atoms with Crippen molar-refractivity contribution < 1.29 is 0 Å². The van der Waals surface area contributed by atoms with E-state index in [2.05, 4.69) is 42.0 Å². The normalized spacial score (nSPS) is 26.1. The molecule has 2 heteroatoms. The van der Waals surface area contributed by atoms with Crippen molar-refractivity contribution in [1.82, 2.24) is 9.80 Å². The summed E-state index contributed by atoms with van der Waals surface area (Å²) >= 11 is 0. The molecule has 96 valence electrons. The van der Waals surface area contributed by atoms with Gasteiger partial charge in [-0.2, -0.15) is 0 Å². The van der Waals surface area contributed by atoms with E-state index in [1.54, 1.807) is 0 Å². The highest BCUT2D eigenvalue weighted by atomic mass is 15.1. The second-order valence-corrected chi connectivity index (χ2v) is 5.67. The Morgan fingerprint density at radius 2 is 2.24 bits per heavy atom. The van der Waals surface area contributed by atoms with Crippen LogP contribution in [-0.4, -0.2) is 42.5 Å². The van der Waals surface area contributed by atoms with E-state index in [4.69, 9.17) is 0 Å². The number of hydrogen-bond donors (Lipinski definition) is 0. The van der Waals surface area contributed by atoms with Crippen LogP contribution in [0.4, 0.5) is 0 Å². The Morgan fingerprint density at radius 3 is 3.00 bits per heavy atom. The SMILES string of the molecule is CC1=CN(CCCN2CCCC(C)C2)CC=C1. The number of piperidine rings is 1. The molecule has 0 aromatic carbocycles. The fourth-order valence-corrected chi connectivity index (χ4v) is 2.90. The Bertz CT molecular complexity index is 293. The maximum Gasteiger partial charge on any atom is 0.0357 e. The van der Waals surface area contributed by atoms with Crippen molar-refractivity contribution in [1.29, 1.82) is 0 Å². The Morgan fingerprint density at radius 1 is 1.35 bits per heavy atom. The summed E-state index contributed by atoms with van der Waals surface area (Å²) in [6.45, 7) is 10.8. The third kappa shape index (κ3) is 4.19. The molecule has 0 aromatic rings. The molecule has 17 heavy (non-hydrogen) atoms. The van der Waals surface area contributed by atoms with Crippen LogP contribution >= 0.6 is 0 Å². The third-order valence-electron chi connectivity index (χ3n) is 3.77. The molecule has 2 heterocycles. The summed E-state index contributed by atoms with van der Waals surface area (Å²) in [6.07, 6.45) is 10.9. The molecule has 0 amide bonds. The van der Waals surface area contributed by atoms with Crippen LogP contribution < -0.4 is 0 Å². The Labute approximate surface area is 106 Å². The fourth-order valence-electron chi connectivity index (χ4n) is 2.90. The molecule has 1 saturated heterocycles. The summed E-state index contributed by atoms with van der Waals surface area (Å²) < 4.78 is 0. The number of nitrogens with zero attached hydrogens (tertiary/aromatic N) is 2. The second-order valence-electron chi connectivity index (χ2n) is 5.67. The van der Waals surface area contributed by atoms with Crippen molar-refractivity contribution in [3.63, 3.8) is 0 Å². The fraction of sp³-hybridized carbons (Fsp3) is 0.733. The molecule has 1 fully saturated rings. The zero-order chi connectivity index (χ0) is 12.1. The average molecular weight is 234 g/mol. The maximum atomic E-state index is 2.64. The van der Waals surface area contributed by atoms with E-state index in [-0.39, 0.29) is 0 Å². The molecule has 2 rings (SSSR count). The van der Waals surface area contributed by atoms with Gasteiger partial charge in [-0.25, -0.2) is 0 Å². The first-order valence-electron chi connectivity index (χ1n) is 7.05. The van der Waals surface area contributed by atoms with Crippen LogP contribution in [0.1, 0.15) is 33.1 Å². The van der Waals surface area contributed by atoms with Crippen molar-refractivity contribution in [2.24, 2.45) is 5.92 Å². The lowest BCUT2D eigenvalue weighted by Crippen LogP contribution is -2.36. The Kier molecular flexibility index (Phi) is 4.66. The third-order valence-corrected chi connectivity index (χ3v) is 3.77. The van der Waals surface area contributed by atoms with Gasteiger partial charge in [0.05, 0.1) is 0 Å². The Hall–Kier alpha value is -0.760. The minimum atomic E-state index is 0.906. The Balaban J connectivity index is 1.64. The molecular formula is C15H26N2. The minimum Gasteiger partial charge on any atom is -0.373 e. The molecule has 0 spiro atoms. The first-order chi connectivity index (χ1) is 8.24. The summed E-state index contributed by atoms with van der Waals surface area (Å²) in [7, 11) is 0. The molecular weight excluding hydrogens is 208 g/mol. The van der Waals surface area contributed by atoms with E-state index in [0.29, 0.717) is 0 Å². The van der Waals surface area contributed by atoms with Gasteiger partial charge < -0.3 is 9.80 Å². The lowest BCUT2D eigenvalue weighted by Gasteiger charge is -2.31. The smallest absolute Gasteiger partial charge is 0.0357 e. The second kappa shape index (κ2) is 6.25. The van der Waals surface area contributed by atoms with Crippen LogP contribution in [0.15, 0.2) is 23.9 Å². The van der Waals surface area contributed by atoms with E-state index in [0.717, 1.165) is 12.5 Å². The number of allylic oxidation sites excluding steroid dienone is 2. The predicted octanol–water partition coefficient (Wildman–Crippen LogP) is 2.88. The molecule has 2 nitrogen and oxygen atoms in total. The van der Waals surface area contributed by atoms with Gasteiger partial charge in [-0.05, 0) is 50.8 Å². The molecule has 2 aliphatic heterocycles. The van der Waals surface area contributed by atoms with Gasteiger partial charge in [-0.3, -0.25) is 0 Å². The highest BCUT2D eigenvalue weighted by molar-refractivity contribution is 5.19. The van der Waals surface area contributed by atoms with Crippen molar-refractivity contribution in [2.75, 3.05) is 32.7 Å². The van der Waals surface area contributed by atoms with Gasteiger partial charge >= 0.3 is 0 Å². The van der Waals surface area contributed by atoms with Crippen LogP contribution in [0, 0.1) is 5.92 Å². The van der Waals surface area contributed by atoms with Gasteiger partial charge in [0.2, 0.25) is 0 Å². The van der Waals surface area contributed by atoms with Crippen molar-refractivity contribution >= 4 is 0 Å². The summed E-state index contributed by atoms with van der Waals surface area (Å²) in [5.74, 6) is 0.906. The molecule has 1 atom stereocenters. The topological polar surface area (TPSA) is 6.48 Å². The van der Waals surface area contributed by atoms with E-state index in [1.165, 1.54) is 51.0 Å². The molecule has 0 N–H and O–H groups in total. The van der Waals surface area contributed by atoms with Gasteiger partial charge in [-0.1, -0.05) is 19.1 Å². The van der Waals surface area contributed by atoms with Crippen molar-refractivity contribution in [3.05, 3.63) is 23.9 Å². The first kappa shape index (κ1) is 12.7. The van der Waals surface area contributed by atoms with Gasteiger partial charge in [0.1, 0.15) is 0 Å². The number of hydrogen-bond acceptors (Lipinski definition) is 2. The first-order valence-corrected chi connectivity index (χ1v) is 7.05. The van der Waals surface area contributed by atoms with E-state index >= 15 is 0 Å². The molecule has 0 bridgehead atoms. The van der Waals surface area contributed by atoms with Gasteiger partial charge in [0.25, 0.3) is 0 Å². The summed E-state index contributed by atoms with van der Waals surface area (Å²) in [5, 5.41) is 0. The highest BCUT2D eigenvalue weighted by Crippen LogP contribution is 2.15. The molecule has 2 aliphatic rings. The predicted molar refractivity (Wildman–Crippen MR) is 73.9 cm³/mol. The lowest BCUT2D eigenvalue weighted by atomic mass is 10.0. The van der Waals surface area contributed by atoms with Crippen LogP contribution in [0.5, 0.6) is 0 Å². The maximum absolute atomic E-state index is 2.64. The van der Waals surface area contributed by atoms with Crippen LogP contribution in [0.2, 0.25) is 0 Å². The molecule has 0 aromatic heterocycles. The summed E-state index contributed by atoms with van der Waals surface area (Å²) in [6, 6.07) is 0. The largest absolute Gasteiger partial charge is 0.373 e. The molecule has 0 radical (unpaired) electrons. The van der Waals surface area contributed by atoms with E-state index in [1.807, 2.05) is 0 Å². The van der Waals surface area contributed by atoms with Crippen molar-refractivity contribution in [2.45, 2.75) is 33.1 Å². The van der Waals surface area contributed by atoms with Gasteiger partial charge in [0.15, 0.2) is 0 Å². The summed E-state index contributed by atoms with van der Waals surface area (Å²) in [5.41, 5.74) is 1.38. The van der Waals surface area contributed by atoms with Crippen LogP contribution in [0.25, 0.3) is 0 Å². The zero-order valence-corrected chi connectivity index (χ0v) is 11.4. The summed E-state index contributed by atoms with van der Waals surface area (Å²) in [4.78, 5) is 5.08. The van der Waals surface area contributed by atoms with Gasteiger partial charge in [0, 0.05) is 25.8 Å². The lowest BCUT2D eigenvalue weighted by molar-refractivity contribution is 0.177. The molecule has 0 saturated carbocycles. The van der Waals surface area contributed by atoms with E-state index in [9.17, 15) is 0 Å². The zero-order valence-electron chi connectivity index (χ0n) is 11.4. The van der Waals surface area contributed by atoms with Crippen molar-refractivity contribution in [3.8, 4) is 0 Å². The number of rotatable bonds is 4. The highest BCUT2D eigenvalue weighted by Gasteiger charge is 2.15. The minimum absolute atomic E-state index is 0.906. The molecule has 1 unspecified atom stereocenters. The standard InChI is InChI=1S/C15H26N2/c1-14-6-3-8-16(12-14)10-5-11-17-9-4-7-15(2)13-17/h3,6,12,15H,4-5,7-11,13H2,1-2H3. The average Bonchev–Trinajstić information content (AvgIpc) is 2.29.